The standard InChI is InChI=1S/C11H10BrN3O2S/c1-18(16,17)10-9(12)7-13-11(15-10)14-8-5-3-2-4-6-8/h2-7H,1H3,(H,13,14,15). The molecule has 1 N–H and O–H groups in total. The van der Waals surface area contributed by atoms with Crippen molar-refractivity contribution in [3.63, 3.8) is 0 Å². The number of nitrogens with one attached hydrogen (secondary N) is 1. The van der Waals surface area contributed by atoms with Crippen LogP contribution in [0.15, 0.2) is 46.0 Å². The monoisotopic (exact) mass is 327 g/mol. The Bertz CT molecular complexity index is 659. The molecule has 0 fully saturated rings. The summed E-state index contributed by atoms with van der Waals surface area (Å²) in [6.45, 7) is 0. The second-order valence-corrected chi connectivity index (χ2v) is 6.40. The number of nitrogens with zero attached hydrogens (tertiary/aromatic N) is 2. The first-order chi connectivity index (χ1) is 8.47. The van der Waals surface area contributed by atoms with Crippen molar-refractivity contribution >= 4 is 37.4 Å². The summed E-state index contributed by atoms with van der Waals surface area (Å²) in [5.74, 6) is 0.241. The Labute approximate surface area is 113 Å². The van der Waals surface area contributed by atoms with E-state index in [0.29, 0.717) is 4.47 Å². The van der Waals surface area contributed by atoms with Gasteiger partial charge in [-0.2, -0.15) is 4.98 Å². The number of sulfone groups is 1. The van der Waals surface area contributed by atoms with Crippen LogP contribution in [0, 0.1) is 0 Å². The average Bonchev–Trinajstić information content (AvgIpc) is 2.31. The Kier molecular flexibility index (Phi) is 3.63. The van der Waals surface area contributed by atoms with Crippen LogP contribution in [0.3, 0.4) is 0 Å². The summed E-state index contributed by atoms with van der Waals surface area (Å²) in [6.07, 6.45) is 2.51. The minimum absolute atomic E-state index is 0.0315. The van der Waals surface area contributed by atoms with Crippen molar-refractivity contribution in [2.75, 3.05) is 11.6 Å². The summed E-state index contributed by atoms with van der Waals surface area (Å²) < 4.78 is 23.4. The van der Waals surface area contributed by atoms with Gasteiger partial charge in [0.15, 0.2) is 14.9 Å². The molecular weight excluding hydrogens is 318 g/mol. The summed E-state index contributed by atoms with van der Waals surface area (Å²) >= 11 is 3.12. The number of para-hydroxylation sites is 1. The van der Waals surface area contributed by atoms with Gasteiger partial charge in [0, 0.05) is 18.1 Å². The van der Waals surface area contributed by atoms with E-state index in [9.17, 15) is 8.42 Å². The van der Waals surface area contributed by atoms with E-state index in [4.69, 9.17) is 0 Å². The maximum Gasteiger partial charge on any atom is 0.228 e. The quantitative estimate of drug-likeness (QED) is 0.876. The highest BCUT2D eigenvalue weighted by Crippen LogP contribution is 2.21. The molecule has 0 radical (unpaired) electrons. The molecule has 0 aliphatic carbocycles. The Morgan fingerprint density at radius 3 is 2.50 bits per heavy atom. The third-order valence-electron chi connectivity index (χ3n) is 2.09. The summed E-state index contributed by atoms with van der Waals surface area (Å²) in [5.41, 5.74) is 0.791. The molecule has 0 aliphatic heterocycles. The van der Waals surface area contributed by atoms with Crippen LogP contribution in [0.5, 0.6) is 0 Å². The van der Waals surface area contributed by atoms with Gasteiger partial charge in [0.05, 0.1) is 4.47 Å². The molecule has 1 aromatic heterocycles. The van der Waals surface area contributed by atoms with Gasteiger partial charge in [-0.15, -0.1) is 0 Å². The number of aromatic nitrogens is 2. The molecule has 0 unspecified atom stereocenters. The fourth-order valence-electron chi connectivity index (χ4n) is 1.32. The first-order valence-corrected chi connectivity index (χ1v) is 7.70. The molecule has 0 saturated heterocycles. The van der Waals surface area contributed by atoms with Crippen molar-refractivity contribution in [2.24, 2.45) is 0 Å². The summed E-state index contributed by atoms with van der Waals surface area (Å²) in [7, 11) is -3.39. The van der Waals surface area contributed by atoms with Crippen molar-refractivity contribution in [3.8, 4) is 0 Å². The molecule has 18 heavy (non-hydrogen) atoms. The smallest absolute Gasteiger partial charge is 0.228 e. The largest absolute Gasteiger partial charge is 0.324 e. The highest BCUT2D eigenvalue weighted by atomic mass is 79.9. The lowest BCUT2D eigenvalue weighted by Crippen LogP contribution is -2.06. The van der Waals surface area contributed by atoms with Crippen molar-refractivity contribution in [1.82, 2.24) is 9.97 Å². The minimum Gasteiger partial charge on any atom is -0.324 e. The lowest BCUT2D eigenvalue weighted by Gasteiger charge is -2.06. The fraction of sp³-hybridized carbons (Fsp3) is 0.0909. The van der Waals surface area contributed by atoms with E-state index in [1.165, 1.54) is 6.20 Å². The molecule has 0 saturated carbocycles. The molecule has 0 amide bonds. The van der Waals surface area contributed by atoms with Crippen LogP contribution in [-0.2, 0) is 9.84 Å². The second kappa shape index (κ2) is 5.03. The first-order valence-electron chi connectivity index (χ1n) is 5.01. The minimum atomic E-state index is -3.39. The van der Waals surface area contributed by atoms with Gasteiger partial charge in [0.25, 0.3) is 0 Å². The van der Waals surface area contributed by atoms with Crippen LogP contribution in [0.25, 0.3) is 0 Å². The molecular formula is C11H10BrN3O2S. The lowest BCUT2D eigenvalue weighted by molar-refractivity contribution is 0.597. The van der Waals surface area contributed by atoms with Crippen molar-refractivity contribution in [3.05, 3.63) is 41.0 Å². The average molecular weight is 328 g/mol. The van der Waals surface area contributed by atoms with E-state index < -0.39 is 9.84 Å². The normalized spacial score (nSPS) is 11.2. The van der Waals surface area contributed by atoms with Gasteiger partial charge >= 0.3 is 0 Å². The molecule has 1 heterocycles. The van der Waals surface area contributed by atoms with E-state index in [2.05, 4.69) is 31.2 Å². The van der Waals surface area contributed by atoms with Crippen LogP contribution >= 0.6 is 15.9 Å². The van der Waals surface area contributed by atoms with Gasteiger partial charge in [0.1, 0.15) is 0 Å². The molecule has 1 aromatic carbocycles. The highest BCUT2D eigenvalue weighted by Gasteiger charge is 2.15. The van der Waals surface area contributed by atoms with Gasteiger partial charge < -0.3 is 5.32 Å². The zero-order chi connectivity index (χ0) is 13.2. The number of hydrogen-bond acceptors (Lipinski definition) is 5. The molecule has 94 valence electrons. The third-order valence-corrected chi connectivity index (χ3v) is 3.95. The highest BCUT2D eigenvalue weighted by molar-refractivity contribution is 9.10. The fourth-order valence-corrected chi connectivity index (χ4v) is 3.05. The molecule has 2 rings (SSSR count). The molecule has 0 bridgehead atoms. The predicted octanol–water partition coefficient (Wildman–Crippen LogP) is 2.39. The number of benzene rings is 1. The van der Waals surface area contributed by atoms with Gasteiger partial charge in [-0.05, 0) is 28.1 Å². The lowest BCUT2D eigenvalue weighted by atomic mass is 10.3. The van der Waals surface area contributed by atoms with E-state index in [-0.39, 0.29) is 11.0 Å². The van der Waals surface area contributed by atoms with Gasteiger partial charge in [-0.1, -0.05) is 18.2 Å². The Hall–Kier alpha value is -1.47. The van der Waals surface area contributed by atoms with Crippen molar-refractivity contribution in [2.45, 2.75) is 5.03 Å². The zero-order valence-electron chi connectivity index (χ0n) is 9.46. The SMILES string of the molecule is CS(=O)(=O)c1nc(Nc2ccccc2)ncc1Br. The second-order valence-electron chi connectivity index (χ2n) is 3.61. The predicted molar refractivity (Wildman–Crippen MR) is 72.6 cm³/mol. The van der Waals surface area contributed by atoms with E-state index in [0.717, 1.165) is 11.9 Å². The van der Waals surface area contributed by atoms with Crippen molar-refractivity contribution in [1.29, 1.82) is 0 Å². The molecule has 0 aliphatic rings. The van der Waals surface area contributed by atoms with Crippen LogP contribution < -0.4 is 5.32 Å². The molecule has 5 nitrogen and oxygen atoms in total. The molecule has 7 heteroatoms. The number of anilines is 2. The van der Waals surface area contributed by atoms with Gasteiger partial charge in [0.2, 0.25) is 5.95 Å². The first kappa shape index (κ1) is 13.0. The van der Waals surface area contributed by atoms with Crippen LogP contribution in [0.4, 0.5) is 11.6 Å². The van der Waals surface area contributed by atoms with Gasteiger partial charge in [-0.3, -0.25) is 0 Å². The molecule has 0 atom stereocenters. The maximum absolute atomic E-state index is 11.5. The van der Waals surface area contributed by atoms with Crippen LogP contribution in [0.1, 0.15) is 0 Å². The summed E-state index contributed by atoms with van der Waals surface area (Å²) in [6, 6.07) is 9.28. The Morgan fingerprint density at radius 1 is 1.22 bits per heavy atom. The van der Waals surface area contributed by atoms with Crippen LogP contribution in [-0.4, -0.2) is 24.6 Å². The van der Waals surface area contributed by atoms with E-state index >= 15 is 0 Å². The van der Waals surface area contributed by atoms with E-state index in [1.54, 1.807) is 0 Å². The van der Waals surface area contributed by atoms with Crippen LogP contribution in [0.2, 0.25) is 0 Å². The molecule has 2 aromatic rings. The van der Waals surface area contributed by atoms with Crippen molar-refractivity contribution < 1.29 is 8.42 Å². The summed E-state index contributed by atoms with van der Waals surface area (Å²) in [4.78, 5) is 8.00. The zero-order valence-corrected chi connectivity index (χ0v) is 11.9. The third kappa shape index (κ3) is 3.05. The maximum atomic E-state index is 11.5. The Balaban J connectivity index is 2.37. The topological polar surface area (TPSA) is 72.0 Å². The number of hydrogen-bond donors (Lipinski definition) is 1. The van der Waals surface area contributed by atoms with Gasteiger partial charge in [-0.25, -0.2) is 13.4 Å². The van der Waals surface area contributed by atoms with E-state index in [1.807, 2.05) is 30.3 Å². The number of rotatable bonds is 3. The number of halogens is 1. The summed E-state index contributed by atoms with van der Waals surface area (Å²) in [5, 5.41) is 2.90. The Morgan fingerprint density at radius 2 is 1.89 bits per heavy atom. The molecule has 0 spiro atoms.